The van der Waals surface area contributed by atoms with Crippen molar-refractivity contribution in [2.75, 3.05) is 14.1 Å². The van der Waals surface area contributed by atoms with Gasteiger partial charge in [0.2, 0.25) is 15.9 Å². The van der Waals surface area contributed by atoms with Crippen molar-refractivity contribution in [1.29, 1.82) is 0 Å². The summed E-state index contributed by atoms with van der Waals surface area (Å²) in [4.78, 5) is 4.93. The summed E-state index contributed by atoms with van der Waals surface area (Å²) in [6, 6.07) is 12.2. The number of rotatable bonds is 8. The molecule has 2 aromatic heterocycles. The smallest absolute Gasteiger partial charge is 0.277 e. The molecule has 0 saturated carbocycles. The molecular formula is C21H22ClN5O3S2. The van der Waals surface area contributed by atoms with E-state index in [1.165, 1.54) is 30.2 Å². The minimum Gasteiger partial charge on any atom is -0.411 e. The number of sulfonamides is 1. The molecule has 0 amide bonds. The molecule has 4 rings (SSSR count). The molecule has 0 aliphatic rings. The molecule has 0 N–H and O–H groups in total. The molecule has 0 unspecified atom stereocenters. The average Bonchev–Trinajstić information content (AvgIpc) is 3.37. The summed E-state index contributed by atoms with van der Waals surface area (Å²) in [5.74, 6) is 1.74. The van der Waals surface area contributed by atoms with Crippen molar-refractivity contribution >= 4 is 44.4 Å². The van der Waals surface area contributed by atoms with Gasteiger partial charge in [-0.2, -0.15) is 0 Å². The average molecular weight is 492 g/mol. The lowest BCUT2D eigenvalue weighted by Crippen LogP contribution is -2.22. The molecule has 11 heteroatoms. The van der Waals surface area contributed by atoms with E-state index in [0.717, 1.165) is 29.9 Å². The lowest BCUT2D eigenvalue weighted by Gasteiger charge is -2.11. The minimum atomic E-state index is -3.53. The van der Waals surface area contributed by atoms with Crippen LogP contribution in [0.25, 0.3) is 22.5 Å². The molecule has 0 spiro atoms. The monoisotopic (exact) mass is 491 g/mol. The van der Waals surface area contributed by atoms with Crippen molar-refractivity contribution in [3.05, 3.63) is 53.3 Å². The first-order valence-electron chi connectivity index (χ1n) is 9.93. The summed E-state index contributed by atoms with van der Waals surface area (Å²) in [7, 11) is -0.501. The van der Waals surface area contributed by atoms with Crippen LogP contribution in [0, 0.1) is 0 Å². The predicted octanol–water partition coefficient (Wildman–Crippen LogP) is 4.69. The first kappa shape index (κ1) is 22.8. The number of imidazole rings is 1. The molecular weight excluding hydrogens is 470 g/mol. The van der Waals surface area contributed by atoms with E-state index in [1.807, 2.05) is 18.2 Å². The summed E-state index contributed by atoms with van der Waals surface area (Å²) in [5.41, 5.74) is 2.33. The van der Waals surface area contributed by atoms with Gasteiger partial charge in [0, 0.05) is 31.2 Å². The third kappa shape index (κ3) is 4.54. The van der Waals surface area contributed by atoms with Gasteiger partial charge in [-0.15, -0.1) is 10.2 Å². The lowest BCUT2D eigenvalue weighted by atomic mass is 10.2. The highest BCUT2D eigenvalue weighted by atomic mass is 35.5. The van der Waals surface area contributed by atoms with E-state index in [9.17, 15) is 8.42 Å². The Morgan fingerprint density at radius 3 is 2.56 bits per heavy atom. The van der Waals surface area contributed by atoms with E-state index in [4.69, 9.17) is 21.0 Å². The molecule has 32 heavy (non-hydrogen) atoms. The van der Waals surface area contributed by atoms with Crippen molar-refractivity contribution in [3.63, 3.8) is 0 Å². The van der Waals surface area contributed by atoms with Gasteiger partial charge in [0.15, 0.2) is 0 Å². The Labute approximate surface area is 195 Å². The number of nitrogens with zero attached hydrogens (tertiary/aromatic N) is 5. The van der Waals surface area contributed by atoms with Crippen LogP contribution in [0.1, 0.15) is 19.2 Å². The molecule has 2 heterocycles. The standard InChI is InChI=1S/C21H22ClN5O3S2/c1-4-11-27-18-10-9-16(32(28,29)26(2)3)12-17(18)23-19(27)13-31-21-25-24-20(30-21)14-5-7-15(22)8-6-14/h5-10,12H,4,11,13H2,1-3H3. The fourth-order valence-corrected chi connectivity index (χ4v) is 4.98. The Hall–Kier alpha value is -2.40. The van der Waals surface area contributed by atoms with Crippen LogP contribution in [-0.4, -0.2) is 46.6 Å². The van der Waals surface area contributed by atoms with Crippen LogP contribution in [0.15, 0.2) is 57.0 Å². The number of fused-ring (bicyclic) bond motifs is 1. The number of hydrogen-bond donors (Lipinski definition) is 0. The van der Waals surface area contributed by atoms with Crippen LogP contribution in [0.5, 0.6) is 0 Å². The second-order valence-corrected chi connectivity index (χ2v) is 10.8. The third-order valence-electron chi connectivity index (χ3n) is 4.85. The van der Waals surface area contributed by atoms with Gasteiger partial charge < -0.3 is 8.98 Å². The SMILES string of the molecule is CCCn1c(CSc2nnc(-c3ccc(Cl)cc3)o2)nc2cc(S(=O)(=O)N(C)C)ccc21. The Morgan fingerprint density at radius 2 is 1.88 bits per heavy atom. The fourth-order valence-electron chi connectivity index (χ4n) is 3.22. The third-order valence-corrected chi connectivity index (χ3v) is 7.72. The molecule has 4 aromatic rings. The molecule has 168 valence electrons. The number of aromatic nitrogens is 4. The Bertz CT molecular complexity index is 1350. The number of thioether (sulfide) groups is 1. The van der Waals surface area contributed by atoms with Crippen LogP contribution >= 0.6 is 23.4 Å². The van der Waals surface area contributed by atoms with Gasteiger partial charge >= 0.3 is 0 Å². The second kappa shape index (κ2) is 9.22. The van der Waals surface area contributed by atoms with Crippen molar-refractivity contribution in [2.45, 2.75) is 35.8 Å². The van der Waals surface area contributed by atoms with Crippen LogP contribution in [0.2, 0.25) is 5.02 Å². The van der Waals surface area contributed by atoms with Gasteiger partial charge in [0.25, 0.3) is 5.22 Å². The molecule has 0 radical (unpaired) electrons. The maximum Gasteiger partial charge on any atom is 0.277 e. The lowest BCUT2D eigenvalue weighted by molar-refractivity contribution is 0.465. The molecule has 8 nitrogen and oxygen atoms in total. The molecule has 0 saturated heterocycles. The highest BCUT2D eigenvalue weighted by molar-refractivity contribution is 7.98. The number of hydrogen-bond acceptors (Lipinski definition) is 7. The van der Waals surface area contributed by atoms with E-state index < -0.39 is 10.0 Å². The van der Waals surface area contributed by atoms with E-state index in [2.05, 4.69) is 21.7 Å². The summed E-state index contributed by atoms with van der Waals surface area (Å²) < 4.78 is 34.1. The van der Waals surface area contributed by atoms with E-state index in [1.54, 1.807) is 24.3 Å². The molecule has 2 aromatic carbocycles. The number of aryl methyl sites for hydroxylation is 1. The van der Waals surface area contributed by atoms with E-state index in [-0.39, 0.29) is 4.90 Å². The fraction of sp³-hybridized carbons (Fsp3) is 0.286. The summed E-state index contributed by atoms with van der Waals surface area (Å²) in [6.07, 6.45) is 0.919. The van der Waals surface area contributed by atoms with Gasteiger partial charge in [-0.05, 0) is 48.9 Å². The molecule has 0 aliphatic carbocycles. The molecule has 0 fully saturated rings. The second-order valence-electron chi connectivity index (χ2n) is 7.29. The Kier molecular flexibility index (Phi) is 6.57. The van der Waals surface area contributed by atoms with Gasteiger partial charge in [0.05, 0.1) is 21.7 Å². The molecule has 0 aliphatic heterocycles. The first-order chi connectivity index (χ1) is 15.3. The zero-order valence-corrected chi connectivity index (χ0v) is 20.2. The normalized spacial score (nSPS) is 12.2. The number of halogens is 1. The number of benzene rings is 2. The van der Waals surface area contributed by atoms with Crippen molar-refractivity contribution < 1.29 is 12.8 Å². The summed E-state index contributed by atoms with van der Waals surface area (Å²) >= 11 is 7.32. The topological polar surface area (TPSA) is 94.1 Å². The summed E-state index contributed by atoms with van der Waals surface area (Å²) in [5, 5.41) is 9.29. The van der Waals surface area contributed by atoms with Gasteiger partial charge in [-0.3, -0.25) is 0 Å². The molecule has 0 bridgehead atoms. The Morgan fingerprint density at radius 1 is 1.12 bits per heavy atom. The highest BCUT2D eigenvalue weighted by Crippen LogP contribution is 2.29. The zero-order chi connectivity index (χ0) is 22.9. The van der Waals surface area contributed by atoms with Crippen LogP contribution < -0.4 is 0 Å². The van der Waals surface area contributed by atoms with Gasteiger partial charge in [-0.25, -0.2) is 17.7 Å². The first-order valence-corrected chi connectivity index (χ1v) is 12.7. The van der Waals surface area contributed by atoms with Crippen LogP contribution in [0.4, 0.5) is 0 Å². The molecule has 0 atom stereocenters. The quantitative estimate of drug-likeness (QED) is 0.330. The minimum absolute atomic E-state index is 0.222. The van der Waals surface area contributed by atoms with Crippen LogP contribution in [-0.2, 0) is 22.3 Å². The van der Waals surface area contributed by atoms with Crippen molar-refractivity contribution in [1.82, 2.24) is 24.1 Å². The predicted molar refractivity (Wildman–Crippen MR) is 125 cm³/mol. The van der Waals surface area contributed by atoms with Crippen molar-refractivity contribution in [3.8, 4) is 11.5 Å². The van der Waals surface area contributed by atoms with Crippen molar-refractivity contribution in [2.24, 2.45) is 0 Å². The maximum absolute atomic E-state index is 12.5. The van der Waals surface area contributed by atoms with Gasteiger partial charge in [-0.1, -0.05) is 30.3 Å². The largest absolute Gasteiger partial charge is 0.411 e. The Balaban J connectivity index is 1.60. The van der Waals surface area contributed by atoms with Crippen LogP contribution in [0.3, 0.4) is 0 Å². The van der Waals surface area contributed by atoms with E-state index >= 15 is 0 Å². The van der Waals surface area contributed by atoms with E-state index in [0.29, 0.717) is 27.4 Å². The zero-order valence-electron chi connectivity index (χ0n) is 17.8. The van der Waals surface area contributed by atoms with Gasteiger partial charge in [0.1, 0.15) is 5.82 Å². The maximum atomic E-state index is 12.5. The highest BCUT2D eigenvalue weighted by Gasteiger charge is 2.20. The summed E-state index contributed by atoms with van der Waals surface area (Å²) in [6.45, 7) is 2.86.